The highest BCUT2D eigenvalue weighted by Crippen LogP contribution is 2.29. The van der Waals surface area contributed by atoms with E-state index in [9.17, 15) is 14.4 Å². The van der Waals surface area contributed by atoms with Crippen LogP contribution >= 0.6 is 0 Å². The van der Waals surface area contributed by atoms with Gasteiger partial charge in [0.2, 0.25) is 5.91 Å². The zero-order valence-electron chi connectivity index (χ0n) is 15.7. The Kier molecular flexibility index (Phi) is 5.30. The Labute approximate surface area is 152 Å². The molecule has 1 saturated carbocycles. The fraction of sp³-hybridized carbons (Fsp3) is 0.550. The second-order valence-corrected chi connectivity index (χ2v) is 7.38. The molecule has 26 heavy (non-hydrogen) atoms. The van der Waals surface area contributed by atoms with Crippen molar-refractivity contribution in [1.29, 1.82) is 0 Å². The quantitative estimate of drug-likeness (QED) is 0.911. The summed E-state index contributed by atoms with van der Waals surface area (Å²) < 4.78 is 2.59. The van der Waals surface area contributed by atoms with E-state index in [0.717, 1.165) is 12.8 Å². The summed E-state index contributed by atoms with van der Waals surface area (Å²) in [6, 6.07) is 7.10. The summed E-state index contributed by atoms with van der Waals surface area (Å²) in [5.74, 6) is 0.829. The molecule has 140 valence electrons. The molecule has 0 saturated heterocycles. The molecule has 0 unspecified atom stereocenters. The van der Waals surface area contributed by atoms with Crippen molar-refractivity contribution < 1.29 is 4.79 Å². The van der Waals surface area contributed by atoms with Gasteiger partial charge in [0.15, 0.2) is 0 Å². The van der Waals surface area contributed by atoms with Gasteiger partial charge in [-0.25, -0.2) is 4.79 Å². The lowest BCUT2D eigenvalue weighted by Gasteiger charge is -2.34. The van der Waals surface area contributed by atoms with Crippen LogP contribution in [0.15, 0.2) is 33.9 Å². The summed E-state index contributed by atoms with van der Waals surface area (Å²) in [4.78, 5) is 37.8. The SMILES string of the molecule is CCn1c(=O)c2ccccc2n(CC(=O)N[C@@H]2CCC[C@@H](C)[C@H]2C)c1=O. The van der Waals surface area contributed by atoms with Gasteiger partial charge in [0.1, 0.15) is 6.54 Å². The van der Waals surface area contributed by atoms with Gasteiger partial charge >= 0.3 is 5.69 Å². The molecule has 1 amide bonds. The van der Waals surface area contributed by atoms with Crippen LogP contribution < -0.4 is 16.6 Å². The van der Waals surface area contributed by atoms with Crippen molar-refractivity contribution in [3.05, 3.63) is 45.1 Å². The van der Waals surface area contributed by atoms with E-state index in [4.69, 9.17) is 0 Å². The van der Waals surface area contributed by atoms with Crippen molar-refractivity contribution in [3.63, 3.8) is 0 Å². The normalized spacial score (nSPS) is 23.1. The maximum absolute atomic E-state index is 12.7. The highest BCUT2D eigenvalue weighted by molar-refractivity contribution is 5.81. The second kappa shape index (κ2) is 7.48. The molecular weight excluding hydrogens is 330 g/mol. The molecule has 1 fully saturated rings. The first-order valence-corrected chi connectivity index (χ1v) is 9.45. The van der Waals surface area contributed by atoms with Gasteiger partial charge in [-0.15, -0.1) is 0 Å². The van der Waals surface area contributed by atoms with Crippen molar-refractivity contribution in [3.8, 4) is 0 Å². The van der Waals surface area contributed by atoms with E-state index in [0.29, 0.717) is 22.7 Å². The Hall–Kier alpha value is -2.37. The molecule has 1 N–H and O–H groups in total. The molecule has 1 aliphatic carbocycles. The van der Waals surface area contributed by atoms with Crippen molar-refractivity contribution in [2.24, 2.45) is 11.8 Å². The smallest absolute Gasteiger partial charge is 0.331 e. The molecule has 0 radical (unpaired) electrons. The summed E-state index contributed by atoms with van der Waals surface area (Å²) in [6.45, 7) is 6.36. The zero-order chi connectivity index (χ0) is 18.8. The van der Waals surface area contributed by atoms with Crippen LogP contribution in [0, 0.1) is 11.8 Å². The lowest BCUT2D eigenvalue weighted by atomic mass is 9.78. The first-order chi connectivity index (χ1) is 12.4. The summed E-state index contributed by atoms with van der Waals surface area (Å²) in [7, 11) is 0. The van der Waals surface area contributed by atoms with Gasteiger partial charge in [-0.05, 0) is 37.3 Å². The molecular formula is C20H27N3O3. The Morgan fingerprint density at radius 3 is 2.62 bits per heavy atom. The number of fused-ring (bicyclic) bond motifs is 1. The van der Waals surface area contributed by atoms with Gasteiger partial charge in [-0.2, -0.15) is 0 Å². The van der Waals surface area contributed by atoms with Crippen molar-refractivity contribution >= 4 is 16.8 Å². The summed E-state index contributed by atoms with van der Waals surface area (Å²) in [5, 5.41) is 3.57. The molecule has 1 aliphatic rings. The fourth-order valence-electron chi connectivity index (χ4n) is 3.98. The Morgan fingerprint density at radius 1 is 1.15 bits per heavy atom. The van der Waals surface area contributed by atoms with Gasteiger partial charge in [0.25, 0.3) is 5.56 Å². The first kappa shape index (κ1) is 18.4. The molecule has 1 heterocycles. The molecule has 1 aromatic heterocycles. The van der Waals surface area contributed by atoms with E-state index < -0.39 is 5.69 Å². The minimum Gasteiger partial charge on any atom is -0.352 e. The van der Waals surface area contributed by atoms with Crippen molar-refractivity contribution in [2.75, 3.05) is 0 Å². The van der Waals surface area contributed by atoms with E-state index in [1.807, 2.05) is 0 Å². The maximum atomic E-state index is 12.7. The van der Waals surface area contributed by atoms with Crippen LogP contribution in [0.3, 0.4) is 0 Å². The van der Waals surface area contributed by atoms with E-state index in [1.165, 1.54) is 15.6 Å². The molecule has 3 atom stereocenters. The Bertz CT molecular complexity index is 928. The van der Waals surface area contributed by atoms with E-state index in [2.05, 4.69) is 19.2 Å². The number of hydrogen-bond donors (Lipinski definition) is 1. The third-order valence-electron chi connectivity index (χ3n) is 5.80. The van der Waals surface area contributed by atoms with Crippen molar-refractivity contribution in [1.82, 2.24) is 14.5 Å². The van der Waals surface area contributed by atoms with E-state index >= 15 is 0 Å². The standard InChI is InChI=1S/C20H27N3O3/c1-4-22-19(25)15-9-5-6-11-17(15)23(20(22)26)12-18(24)21-16-10-7-8-13(2)14(16)3/h5-6,9,11,13-14,16H,4,7-8,10,12H2,1-3H3,(H,21,24)/t13-,14-,16-/m1/s1. The minimum absolute atomic E-state index is 0.0722. The molecule has 6 heteroatoms. The molecule has 0 aliphatic heterocycles. The summed E-state index contributed by atoms with van der Waals surface area (Å²) in [5.41, 5.74) is -0.233. The van der Waals surface area contributed by atoms with Crippen LogP contribution in [0.25, 0.3) is 10.9 Å². The van der Waals surface area contributed by atoms with Gasteiger partial charge in [-0.1, -0.05) is 38.8 Å². The van der Waals surface area contributed by atoms with Gasteiger partial charge in [0.05, 0.1) is 10.9 Å². The van der Waals surface area contributed by atoms with Crippen LogP contribution in [0.2, 0.25) is 0 Å². The molecule has 0 bridgehead atoms. The molecule has 3 rings (SSSR count). The summed E-state index contributed by atoms with van der Waals surface area (Å²) in [6.07, 6.45) is 3.28. The van der Waals surface area contributed by atoms with Crippen LogP contribution in [0.4, 0.5) is 0 Å². The van der Waals surface area contributed by atoms with E-state index in [1.54, 1.807) is 31.2 Å². The molecule has 2 aromatic rings. The predicted molar refractivity (Wildman–Crippen MR) is 102 cm³/mol. The number of amides is 1. The number of carbonyl (C=O) groups is 1. The lowest BCUT2D eigenvalue weighted by Crippen LogP contribution is -2.47. The largest absolute Gasteiger partial charge is 0.352 e. The molecule has 6 nitrogen and oxygen atoms in total. The average Bonchev–Trinajstić information content (AvgIpc) is 2.63. The minimum atomic E-state index is -0.434. The number of aromatic nitrogens is 2. The van der Waals surface area contributed by atoms with Gasteiger partial charge < -0.3 is 5.32 Å². The van der Waals surface area contributed by atoms with Crippen LogP contribution in [-0.2, 0) is 17.9 Å². The fourth-order valence-corrected chi connectivity index (χ4v) is 3.98. The highest BCUT2D eigenvalue weighted by atomic mass is 16.2. The van der Waals surface area contributed by atoms with Crippen LogP contribution in [0.1, 0.15) is 40.0 Å². The van der Waals surface area contributed by atoms with Crippen LogP contribution in [0.5, 0.6) is 0 Å². The number of rotatable bonds is 4. The predicted octanol–water partition coefficient (Wildman–Crippen LogP) is 2.12. The Morgan fingerprint density at radius 2 is 1.88 bits per heavy atom. The molecule has 0 spiro atoms. The zero-order valence-corrected chi connectivity index (χ0v) is 15.7. The lowest BCUT2D eigenvalue weighted by molar-refractivity contribution is -0.123. The highest BCUT2D eigenvalue weighted by Gasteiger charge is 2.28. The third-order valence-corrected chi connectivity index (χ3v) is 5.80. The molecule has 1 aromatic carbocycles. The monoisotopic (exact) mass is 357 g/mol. The number of carbonyl (C=O) groups excluding carboxylic acids is 1. The topological polar surface area (TPSA) is 73.1 Å². The maximum Gasteiger partial charge on any atom is 0.331 e. The third kappa shape index (κ3) is 3.32. The van der Waals surface area contributed by atoms with Crippen LogP contribution in [-0.4, -0.2) is 21.1 Å². The second-order valence-electron chi connectivity index (χ2n) is 7.38. The van der Waals surface area contributed by atoms with E-state index in [-0.39, 0.29) is 30.6 Å². The summed E-state index contributed by atoms with van der Waals surface area (Å²) >= 11 is 0. The van der Waals surface area contributed by atoms with Gasteiger partial charge in [0, 0.05) is 12.6 Å². The average molecular weight is 357 g/mol. The Balaban J connectivity index is 1.92. The number of hydrogen-bond acceptors (Lipinski definition) is 3. The number of nitrogens with zero attached hydrogens (tertiary/aromatic N) is 2. The number of benzene rings is 1. The number of nitrogens with one attached hydrogen (secondary N) is 1. The number of para-hydroxylation sites is 1. The van der Waals surface area contributed by atoms with Gasteiger partial charge in [-0.3, -0.25) is 18.7 Å². The van der Waals surface area contributed by atoms with Crippen molar-refractivity contribution in [2.45, 2.75) is 59.2 Å². The first-order valence-electron chi connectivity index (χ1n) is 9.45.